The molecule has 0 fully saturated rings. The molecule has 7 N–H and O–H groups in total. The first-order chi connectivity index (χ1) is 30.8. The van der Waals surface area contributed by atoms with Crippen molar-refractivity contribution in [3.05, 3.63) is 126 Å². The number of benzene rings is 2. The summed E-state index contributed by atoms with van der Waals surface area (Å²) in [6.07, 6.45) is 14.1. The number of allylic oxidation sites excluding steroid dienone is 4. The molecule has 3 aromatic rings. The van der Waals surface area contributed by atoms with E-state index in [-0.39, 0.29) is 47.8 Å². The van der Waals surface area contributed by atoms with Crippen LogP contribution in [0.4, 0.5) is 0 Å². The molecule has 0 aliphatic carbocycles. The smallest absolute Gasteiger partial charge is 0.242 e. The Morgan fingerprint density at radius 3 is 2.37 bits per heavy atom. The van der Waals surface area contributed by atoms with Crippen molar-refractivity contribution in [2.45, 2.75) is 138 Å². The lowest BCUT2D eigenvalue weighted by atomic mass is 9.80. The number of carbonyl (C=O) groups is 1. The summed E-state index contributed by atoms with van der Waals surface area (Å²) in [5.74, 6) is 5.93. The molecule has 9 heteroatoms. The van der Waals surface area contributed by atoms with Crippen LogP contribution in [0.2, 0.25) is 0 Å². The van der Waals surface area contributed by atoms with E-state index in [4.69, 9.17) is 11.6 Å². The predicted octanol–water partition coefficient (Wildman–Crippen LogP) is 10.6. The molecule has 2 heterocycles. The Morgan fingerprint density at radius 2 is 1.74 bits per heavy atom. The molecule has 1 aliphatic rings. The number of carbonyl (C=O) groups excluding carboxylic acids is 1. The van der Waals surface area contributed by atoms with Gasteiger partial charge in [0, 0.05) is 73.3 Å². The lowest BCUT2D eigenvalue weighted by molar-refractivity contribution is -0.132. The third-order valence-electron chi connectivity index (χ3n) is 13.4. The SMILES string of the molecule is C=CCCC(C)(C)Cc1c(C2=C(CC)NCC=C2)n(CC)c2ccc(-c3cc(C)cc(CC(NC(=C)C(C(C)C)N(C)C(=O)CN(C)C(=C)[C@H](N)C(C)C)C(=C)CCCCNN)c3)cc12. The Balaban J connectivity index is 1.75. The van der Waals surface area contributed by atoms with Crippen LogP contribution in [0, 0.1) is 24.2 Å². The van der Waals surface area contributed by atoms with Gasteiger partial charge in [-0.05, 0) is 117 Å². The van der Waals surface area contributed by atoms with Gasteiger partial charge in [0.2, 0.25) is 5.91 Å². The molecule has 65 heavy (non-hydrogen) atoms. The van der Waals surface area contributed by atoms with E-state index in [1.54, 1.807) is 0 Å². The van der Waals surface area contributed by atoms with Crippen molar-refractivity contribution in [1.29, 1.82) is 0 Å². The van der Waals surface area contributed by atoms with Gasteiger partial charge in [-0.3, -0.25) is 16.1 Å². The molecule has 2 aromatic carbocycles. The van der Waals surface area contributed by atoms with E-state index in [0.717, 1.165) is 81.5 Å². The van der Waals surface area contributed by atoms with Gasteiger partial charge in [-0.25, -0.2) is 0 Å². The Labute approximate surface area is 394 Å². The monoisotopic (exact) mass is 887 g/mol. The fourth-order valence-electron chi connectivity index (χ4n) is 9.61. The minimum Gasteiger partial charge on any atom is -0.384 e. The van der Waals surface area contributed by atoms with Crippen LogP contribution in [0.5, 0.6) is 0 Å². The predicted molar refractivity (Wildman–Crippen MR) is 280 cm³/mol. The van der Waals surface area contributed by atoms with E-state index in [1.165, 1.54) is 55.7 Å². The first-order valence-corrected chi connectivity index (χ1v) is 24.3. The number of nitrogens with two attached hydrogens (primary N) is 2. The second-order valence-electron chi connectivity index (χ2n) is 20.0. The average Bonchev–Trinajstić information content (AvgIpc) is 3.56. The number of aryl methyl sites for hydroxylation is 2. The number of dihydropyridines is 1. The van der Waals surface area contributed by atoms with E-state index in [2.05, 4.69) is 158 Å². The standard InChI is InChI=1S/C56H86N8O/c1-16-19-27-56(12,13)35-48-47-34-44(25-26-51(47)64(18-3)55(48)46-24-22-28-59-49(46)17-2)45-31-39(8)30-43(32-45)33-50(40(9)23-20-21-29-60-58)61-41(10)54(38(6)7)63(15)52(65)36-62(14)42(11)53(57)37(4)5/h16,22,24-26,30-32,34,37-38,50,53-54,59-61H,1,9-11,17-21,23,27-29,33,35-36,57-58H2,2-8,12-15H3/t50?,53-,54?/m1/s1. The van der Waals surface area contributed by atoms with E-state index < -0.39 is 0 Å². The van der Waals surface area contributed by atoms with Crippen LogP contribution in [0.3, 0.4) is 0 Å². The highest BCUT2D eigenvalue weighted by Gasteiger charge is 2.30. The highest BCUT2D eigenvalue weighted by Crippen LogP contribution is 2.41. The summed E-state index contributed by atoms with van der Waals surface area (Å²) in [6, 6.07) is 13.5. The number of unbranched alkanes of at least 4 members (excludes halogenated alkanes) is 1. The number of hydrogen-bond donors (Lipinski definition) is 5. The number of amides is 1. The maximum absolute atomic E-state index is 13.9. The van der Waals surface area contributed by atoms with Gasteiger partial charge in [0.05, 0.1) is 24.3 Å². The third-order valence-corrected chi connectivity index (χ3v) is 13.4. The van der Waals surface area contributed by atoms with Crippen molar-refractivity contribution in [2.24, 2.45) is 28.8 Å². The van der Waals surface area contributed by atoms with Gasteiger partial charge >= 0.3 is 0 Å². The van der Waals surface area contributed by atoms with Crippen LogP contribution >= 0.6 is 0 Å². The first kappa shape index (κ1) is 52.8. The van der Waals surface area contributed by atoms with E-state index in [9.17, 15) is 4.79 Å². The number of nitrogens with one attached hydrogen (secondary N) is 3. The summed E-state index contributed by atoms with van der Waals surface area (Å²) < 4.78 is 2.53. The quantitative estimate of drug-likeness (QED) is 0.0224. The van der Waals surface area contributed by atoms with Crippen LogP contribution < -0.4 is 27.6 Å². The van der Waals surface area contributed by atoms with Gasteiger partial charge in [-0.1, -0.05) is 122 Å². The molecule has 0 radical (unpaired) electrons. The highest BCUT2D eigenvalue weighted by molar-refractivity contribution is 5.95. The summed E-state index contributed by atoms with van der Waals surface area (Å²) >= 11 is 0. The van der Waals surface area contributed by atoms with Crippen LogP contribution in [0.1, 0.15) is 116 Å². The molecule has 356 valence electrons. The fraction of sp³-hybridized carbons (Fsp3) is 0.518. The van der Waals surface area contributed by atoms with Crippen molar-refractivity contribution in [3.63, 3.8) is 0 Å². The molecule has 4 rings (SSSR count). The molecule has 0 spiro atoms. The van der Waals surface area contributed by atoms with Crippen LogP contribution in [-0.2, 0) is 24.2 Å². The fourth-order valence-corrected chi connectivity index (χ4v) is 9.61. The lowest BCUT2D eigenvalue weighted by Crippen LogP contribution is -2.50. The highest BCUT2D eigenvalue weighted by atomic mass is 16.2. The Bertz CT molecular complexity index is 2200. The maximum Gasteiger partial charge on any atom is 0.242 e. The molecule has 9 nitrogen and oxygen atoms in total. The molecule has 0 bridgehead atoms. The van der Waals surface area contributed by atoms with Gasteiger partial charge in [0.1, 0.15) is 0 Å². The number of hydrazine groups is 1. The maximum atomic E-state index is 13.9. The van der Waals surface area contributed by atoms with Crippen LogP contribution in [0.15, 0.2) is 104 Å². The number of aromatic nitrogens is 1. The summed E-state index contributed by atoms with van der Waals surface area (Å²) in [4.78, 5) is 17.6. The van der Waals surface area contributed by atoms with Crippen molar-refractivity contribution >= 4 is 22.4 Å². The molecule has 1 amide bonds. The zero-order valence-electron chi connectivity index (χ0n) is 42.3. The van der Waals surface area contributed by atoms with Gasteiger partial charge in [-0.2, -0.15) is 0 Å². The molecular weight excluding hydrogens is 801 g/mol. The van der Waals surface area contributed by atoms with E-state index in [1.807, 2.05) is 30.0 Å². The molecule has 1 aromatic heterocycles. The zero-order chi connectivity index (χ0) is 48.2. The molecule has 1 aliphatic heterocycles. The van der Waals surface area contributed by atoms with E-state index in [0.29, 0.717) is 6.42 Å². The second kappa shape index (κ2) is 24.1. The van der Waals surface area contributed by atoms with Gasteiger partial charge in [-0.15, -0.1) is 6.58 Å². The third kappa shape index (κ3) is 13.6. The second-order valence-corrected chi connectivity index (χ2v) is 20.0. The van der Waals surface area contributed by atoms with Crippen molar-refractivity contribution in [1.82, 2.24) is 30.4 Å². The van der Waals surface area contributed by atoms with Gasteiger partial charge in [0.15, 0.2) is 0 Å². The zero-order valence-corrected chi connectivity index (χ0v) is 42.3. The van der Waals surface area contributed by atoms with Gasteiger partial charge in [0.25, 0.3) is 0 Å². The summed E-state index contributed by atoms with van der Waals surface area (Å²) in [5, 5.41) is 8.85. The normalized spacial score (nSPS) is 14.4. The molecule has 2 unspecified atom stereocenters. The Morgan fingerprint density at radius 1 is 1.02 bits per heavy atom. The average molecular weight is 887 g/mol. The Kier molecular flexibility index (Phi) is 19.6. The minimum atomic E-state index is -0.250. The number of fused-ring (bicyclic) bond motifs is 1. The number of nitrogens with zero attached hydrogens (tertiary/aromatic N) is 3. The molecule has 0 saturated carbocycles. The largest absolute Gasteiger partial charge is 0.384 e. The van der Waals surface area contributed by atoms with Crippen LogP contribution in [-0.4, -0.2) is 72.1 Å². The first-order valence-electron chi connectivity index (χ1n) is 24.3. The topological polar surface area (TPSA) is 117 Å². The molecular formula is C56H86N8O. The minimum absolute atomic E-state index is 0.0181. The van der Waals surface area contributed by atoms with Crippen molar-refractivity contribution < 1.29 is 4.79 Å². The summed E-state index contributed by atoms with van der Waals surface area (Å²) in [6.45, 7) is 40.1. The number of hydrogen-bond acceptors (Lipinski definition) is 7. The number of rotatable bonds is 27. The molecule has 3 atom stereocenters. The summed E-state index contributed by atoms with van der Waals surface area (Å²) in [5.41, 5.74) is 23.4. The summed E-state index contributed by atoms with van der Waals surface area (Å²) in [7, 11) is 3.76. The van der Waals surface area contributed by atoms with E-state index >= 15 is 0 Å². The molecule has 0 saturated heterocycles. The van der Waals surface area contributed by atoms with Crippen molar-refractivity contribution in [2.75, 3.05) is 33.7 Å². The van der Waals surface area contributed by atoms with Crippen molar-refractivity contribution in [3.8, 4) is 11.1 Å². The lowest BCUT2D eigenvalue weighted by Gasteiger charge is -2.37. The van der Waals surface area contributed by atoms with Crippen LogP contribution in [0.25, 0.3) is 27.6 Å². The van der Waals surface area contributed by atoms with Gasteiger partial charge < -0.3 is 30.7 Å². The number of likely N-dealkylation sites (N-methyl/N-ethyl adjacent to an activating group) is 2. The Hall–Kier alpha value is -4.83.